The summed E-state index contributed by atoms with van der Waals surface area (Å²) in [6.07, 6.45) is 9.94. The predicted molar refractivity (Wildman–Crippen MR) is 84.7 cm³/mol. The Morgan fingerprint density at radius 1 is 1.48 bits per heavy atom. The maximum atomic E-state index is 12.0. The lowest BCUT2D eigenvalue weighted by molar-refractivity contribution is -0.122. The number of aryl methyl sites for hydroxylation is 1. The van der Waals surface area contributed by atoms with Crippen LogP contribution in [0.15, 0.2) is 31.1 Å². The molecule has 23 heavy (non-hydrogen) atoms. The molecule has 0 aromatic carbocycles. The molecular weight excluding hydrogens is 318 g/mol. The Bertz CT molecular complexity index is 642. The van der Waals surface area contributed by atoms with Crippen molar-refractivity contribution >= 4 is 17.5 Å². The monoisotopic (exact) mass is 337 g/mol. The zero-order valence-corrected chi connectivity index (χ0v) is 13.4. The largest absolute Gasteiger partial charge is 0.391 e. The average Bonchev–Trinajstić information content (AvgIpc) is 3.22. The lowest BCUT2D eigenvalue weighted by atomic mass is 10.1. The van der Waals surface area contributed by atoms with E-state index in [9.17, 15) is 9.90 Å². The summed E-state index contributed by atoms with van der Waals surface area (Å²) in [5.41, 5.74) is 0. The van der Waals surface area contributed by atoms with Crippen LogP contribution in [-0.2, 0) is 17.9 Å². The second-order valence-electron chi connectivity index (χ2n) is 6.01. The summed E-state index contributed by atoms with van der Waals surface area (Å²) in [5.74, 6) is 0.262. The van der Waals surface area contributed by atoms with Gasteiger partial charge in [-0.25, -0.2) is 4.98 Å². The van der Waals surface area contributed by atoms with Crippen LogP contribution in [0.3, 0.4) is 0 Å². The van der Waals surface area contributed by atoms with E-state index in [4.69, 9.17) is 11.6 Å². The number of carbonyl (C=O) groups excluding carboxylic acids is 1. The van der Waals surface area contributed by atoms with Crippen LogP contribution in [0.2, 0.25) is 5.02 Å². The minimum absolute atomic E-state index is 0.0797. The molecule has 1 fully saturated rings. The maximum absolute atomic E-state index is 12.0. The molecule has 0 spiro atoms. The van der Waals surface area contributed by atoms with Crippen LogP contribution >= 0.6 is 11.6 Å². The van der Waals surface area contributed by atoms with Crippen molar-refractivity contribution in [3.05, 3.63) is 36.1 Å². The van der Waals surface area contributed by atoms with Crippen molar-refractivity contribution in [2.45, 2.75) is 44.5 Å². The third-order valence-electron chi connectivity index (χ3n) is 4.17. The molecule has 3 rings (SSSR count). The number of nitrogens with zero attached hydrogens (tertiary/aromatic N) is 4. The summed E-state index contributed by atoms with van der Waals surface area (Å²) in [4.78, 5) is 16.1. The van der Waals surface area contributed by atoms with Gasteiger partial charge < -0.3 is 15.0 Å². The number of halogens is 1. The molecule has 1 aliphatic rings. The van der Waals surface area contributed by atoms with E-state index >= 15 is 0 Å². The standard InChI is InChI=1S/C15H20ClN5O2/c16-12-7-18-21(9-12)3-1-15(23)19-13-5-11(6-14(13)22)8-20-4-2-17-10-20/h2,4,7,9-11,13-14,22H,1,3,5-6,8H2,(H,19,23)/t11?,13-,14-/m1/s1. The number of amides is 1. The third kappa shape index (κ3) is 4.33. The highest BCUT2D eigenvalue weighted by Crippen LogP contribution is 2.27. The lowest BCUT2D eigenvalue weighted by Crippen LogP contribution is -2.40. The molecule has 1 aliphatic carbocycles. The SMILES string of the molecule is O=C(CCn1cc(Cl)cn1)N[C@@H]1CC(Cn2ccnc2)C[C@H]1O. The van der Waals surface area contributed by atoms with Crippen LogP contribution in [0.25, 0.3) is 0 Å². The van der Waals surface area contributed by atoms with Gasteiger partial charge in [0.25, 0.3) is 0 Å². The Balaban J connectivity index is 1.44. The first-order chi connectivity index (χ1) is 11.1. The summed E-state index contributed by atoms with van der Waals surface area (Å²) >= 11 is 5.78. The molecule has 1 amide bonds. The predicted octanol–water partition coefficient (Wildman–Crippen LogP) is 1.08. The number of carbonyl (C=O) groups is 1. The number of nitrogens with one attached hydrogen (secondary N) is 1. The van der Waals surface area contributed by atoms with Crippen molar-refractivity contribution in [3.63, 3.8) is 0 Å². The molecule has 0 saturated heterocycles. The molecule has 2 heterocycles. The number of imidazole rings is 1. The van der Waals surface area contributed by atoms with E-state index in [1.54, 1.807) is 29.6 Å². The zero-order chi connectivity index (χ0) is 16.2. The molecule has 124 valence electrons. The van der Waals surface area contributed by atoms with E-state index in [1.165, 1.54) is 0 Å². The quantitative estimate of drug-likeness (QED) is 0.826. The van der Waals surface area contributed by atoms with E-state index in [0.717, 1.165) is 13.0 Å². The van der Waals surface area contributed by atoms with Crippen molar-refractivity contribution < 1.29 is 9.90 Å². The lowest BCUT2D eigenvalue weighted by Gasteiger charge is -2.16. The van der Waals surface area contributed by atoms with Gasteiger partial charge in [-0.1, -0.05) is 11.6 Å². The van der Waals surface area contributed by atoms with Crippen molar-refractivity contribution in [2.24, 2.45) is 5.92 Å². The summed E-state index contributed by atoms with van der Waals surface area (Å²) in [6.45, 7) is 1.29. The van der Waals surface area contributed by atoms with Crippen molar-refractivity contribution in [3.8, 4) is 0 Å². The third-order valence-corrected chi connectivity index (χ3v) is 4.37. The molecule has 0 aliphatic heterocycles. The van der Waals surface area contributed by atoms with E-state index < -0.39 is 6.10 Å². The Labute approximate surface area is 139 Å². The van der Waals surface area contributed by atoms with Gasteiger partial charge in [0.1, 0.15) is 0 Å². The molecular formula is C15H20ClN5O2. The van der Waals surface area contributed by atoms with Crippen LogP contribution in [0.1, 0.15) is 19.3 Å². The molecule has 7 nitrogen and oxygen atoms in total. The molecule has 8 heteroatoms. The van der Waals surface area contributed by atoms with Crippen LogP contribution < -0.4 is 5.32 Å². The Kier molecular flexibility index (Phi) is 4.97. The first-order valence-corrected chi connectivity index (χ1v) is 8.09. The molecule has 0 bridgehead atoms. The minimum Gasteiger partial charge on any atom is -0.391 e. The Hall–Kier alpha value is -1.86. The van der Waals surface area contributed by atoms with Gasteiger partial charge in [-0.05, 0) is 18.8 Å². The van der Waals surface area contributed by atoms with Gasteiger partial charge in [-0.15, -0.1) is 0 Å². The normalized spacial score (nSPS) is 24.0. The highest BCUT2D eigenvalue weighted by Gasteiger charge is 2.33. The zero-order valence-electron chi connectivity index (χ0n) is 12.7. The van der Waals surface area contributed by atoms with Crippen LogP contribution in [0, 0.1) is 5.92 Å². The number of aliphatic hydroxyl groups is 1. The average molecular weight is 338 g/mol. The van der Waals surface area contributed by atoms with Gasteiger partial charge in [0.05, 0.1) is 29.7 Å². The molecule has 2 aromatic heterocycles. The number of rotatable bonds is 6. The summed E-state index contributed by atoms with van der Waals surface area (Å²) in [6, 6.07) is -0.183. The van der Waals surface area contributed by atoms with Gasteiger partial charge in [-0.2, -0.15) is 5.10 Å². The number of hydrogen-bond acceptors (Lipinski definition) is 4. The Morgan fingerprint density at radius 3 is 3.04 bits per heavy atom. The summed E-state index contributed by atoms with van der Waals surface area (Å²) in [5, 5.41) is 17.7. The first kappa shape index (κ1) is 16.0. The molecule has 3 atom stereocenters. The van der Waals surface area contributed by atoms with Crippen LogP contribution in [-0.4, -0.2) is 42.5 Å². The first-order valence-electron chi connectivity index (χ1n) is 7.71. The van der Waals surface area contributed by atoms with Gasteiger partial charge in [0.2, 0.25) is 5.91 Å². The summed E-state index contributed by atoms with van der Waals surface area (Å²) < 4.78 is 3.64. The van der Waals surface area contributed by atoms with Gasteiger partial charge in [0, 0.05) is 38.1 Å². The minimum atomic E-state index is -0.494. The fraction of sp³-hybridized carbons (Fsp3) is 0.533. The molecule has 1 unspecified atom stereocenters. The van der Waals surface area contributed by atoms with Crippen LogP contribution in [0.4, 0.5) is 0 Å². The van der Waals surface area contributed by atoms with E-state index in [1.807, 2.05) is 10.8 Å². The maximum Gasteiger partial charge on any atom is 0.222 e. The van der Waals surface area contributed by atoms with E-state index in [0.29, 0.717) is 30.3 Å². The second-order valence-corrected chi connectivity index (χ2v) is 6.45. The van der Waals surface area contributed by atoms with E-state index in [-0.39, 0.29) is 11.9 Å². The summed E-state index contributed by atoms with van der Waals surface area (Å²) in [7, 11) is 0. The van der Waals surface area contributed by atoms with Gasteiger partial charge in [0.15, 0.2) is 0 Å². The molecule has 0 radical (unpaired) electrons. The highest BCUT2D eigenvalue weighted by molar-refractivity contribution is 6.30. The highest BCUT2D eigenvalue weighted by atomic mass is 35.5. The molecule has 1 saturated carbocycles. The second kappa shape index (κ2) is 7.14. The number of hydrogen-bond donors (Lipinski definition) is 2. The van der Waals surface area contributed by atoms with Crippen molar-refractivity contribution in [2.75, 3.05) is 0 Å². The fourth-order valence-corrected chi connectivity index (χ4v) is 3.23. The number of aliphatic hydroxyl groups excluding tert-OH is 1. The number of aromatic nitrogens is 4. The molecule has 2 aromatic rings. The Morgan fingerprint density at radius 2 is 2.35 bits per heavy atom. The van der Waals surface area contributed by atoms with Crippen LogP contribution in [0.5, 0.6) is 0 Å². The topological polar surface area (TPSA) is 85.0 Å². The fourth-order valence-electron chi connectivity index (χ4n) is 3.07. The van der Waals surface area contributed by atoms with Crippen molar-refractivity contribution in [1.29, 1.82) is 0 Å². The van der Waals surface area contributed by atoms with Gasteiger partial charge >= 0.3 is 0 Å². The van der Waals surface area contributed by atoms with Gasteiger partial charge in [-0.3, -0.25) is 9.48 Å². The smallest absolute Gasteiger partial charge is 0.222 e. The molecule has 2 N–H and O–H groups in total. The van der Waals surface area contributed by atoms with E-state index in [2.05, 4.69) is 15.4 Å². The van der Waals surface area contributed by atoms with Crippen molar-refractivity contribution in [1.82, 2.24) is 24.6 Å².